The van der Waals surface area contributed by atoms with Gasteiger partial charge < -0.3 is 13.7 Å². The van der Waals surface area contributed by atoms with Crippen molar-refractivity contribution in [1.82, 2.24) is 4.57 Å². The first-order valence-electron chi connectivity index (χ1n) is 8.46. The van der Waals surface area contributed by atoms with Crippen LogP contribution in [0.4, 0.5) is 23.7 Å². The van der Waals surface area contributed by atoms with Crippen molar-refractivity contribution in [2.24, 2.45) is 0 Å². The lowest BCUT2D eigenvalue weighted by atomic mass is 10.1. The van der Waals surface area contributed by atoms with Gasteiger partial charge in [0.05, 0.1) is 13.2 Å². The zero-order valence-corrected chi connectivity index (χ0v) is 15.1. The Hall–Kier alpha value is -3.56. The van der Waals surface area contributed by atoms with Crippen molar-refractivity contribution in [3.63, 3.8) is 0 Å². The number of carbonyl (C=O) groups excluding carboxylic acids is 1. The second kappa shape index (κ2) is 7.82. The second-order valence-corrected chi connectivity index (χ2v) is 6.00. The SMILES string of the molecule is CCOC(=O)Nc1ccc2c(Cn3cccc(C(F)(F)F)c3=O)cc(=O)oc2c1. The molecule has 3 aromatic rings. The van der Waals surface area contributed by atoms with E-state index in [1.54, 1.807) is 6.92 Å². The molecule has 0 radical (unpaired) electrons. The van der Waals surface area contributed by atoms with Gasteiger partial charge >= 0.3 is 17.9 Å². The number of halogens is 3. The van der Waals surface area contributed by atoms with Crippen LogP contribution in [0.25, 0.3) is 11.0 Å². The maximum absolute atomic E-state index is 13.0. The van der Waals surface area contributed by atoms with Crippen LogP contribution in [0, 0.1) is 0 Å². The van der Waals surface area contributed by atoms with E-state index in [0.29, 0.717) is 22.7 Å². The first-order chi connectivity index (χ1) is 13.7. The average molecular weight is 408 g/mol. The molecule has 2 aromatic heterocycles. The van der Waals surface area contributed by atoms with Gasteiger partial charge in [-0.05, 0) is 36.8 Å². The van der Waals surface area contributed by atoms with Crippen LogP contribution in [0.3, 0.4) is 0 Å². The Morgan fingerprint density at radius 3 is 2.66 bits per heavy atom. The van der Waals surface area contributed by atoms with Crippen molar-refractivity contribution < 1.29 is 27.1 Å². The number of nitrogens with zero attached hydrogens (tertiary/aromatic N) is 1. The minimum Gasteiger partial charge on any atom is -0.450 e. The van der Waals surface area contributed by atoms with Gasteiger partial charge in [-0.3, -0.25) is 10.1 Å². The summed E-state index contributed by atoms with van der Waals surface area (Å²) in [5.74, 6) is 0. The van der Waals surface area contributed by atoms with Crippen molar-refractivity contribution in [1.29, 1.82) is 0 Å². The normalized spacial score (nSPS) is 11.4. The third-order valence-corrected chi connectivity index (χ3v) is 4.02. The van der Waals surface area contributed by atoms with Gasteiger partial charge in [-0.1, -0.05) is 0 Å². The number of benzene rings is 1. The molecule has 0 aliphatic heterocycles. The summed E-state index contributed by atoms with van der Waals surface area (Å²) in [5, 5.41) is 2.86. The number of alkyl halides is 3. The van der Waals surface area contributed by atoms with Crippen molar-refractivity contribution in [3.8, 4) is 0 Å². The van der Waals surface area contributed by atoms with E-state index in [4.69, 9.17) is 9.15 Å². The molecule has 0 bridgehead atoms. The van der Waals surface area contributed by atoms with Crippen LogP contribution in [0.15, 0.2) is 56.6 Å². The number of rotatable bonds is 4. The Morgan fingerprint density at radius 2 is 1.97 bits per heavy atom. The maximum Gasteiger partial charge on any atom is 0.421 e. The largest absolute Gasteiger partial charge is 0.450 e. The van der Waals surface area contributed by atoms with E-state index in [9.17, 15) is 27.6 Å². The van der Waals surface area contributed by atoms with Gasteiger partial charge in [0.2, 0.25) is 0 Å². The first kappa shape index (κ1) is 20.2. The molecule has 0 saturated carbocycles. The van der Waals surface area contributed by atoms with Crippen molar-refractivity contribution in [3.05, 3.63) is 74.5 Å². The fourth-order valence-electron chi connectivity index (χ4n) is 2.78. The monoisotopic (exact) mass is 408 g/mol. The molecule has 29 heavy (non-hydrogen) atoms. The minimum absolute atomic E-state index is 0.0989. The van der Waals surface area contributed by atoms with Crippen LogP contribution < -0.4 is 16.5 Å². The summed E-state index contributed by atoms with van der Waals surface area (Å²) in [6.07, 6.45) is -4.28. The van der Waals surface area contributed by atoms with E-state index in [1.807, 2.05) is 0 Å². The Morgan fingerprint density at radius 1 is 1.21 bits per heavy atom. The second-order valence-electron chi connectivity index (χ2n) is 6.00. The van der Waals surface area contributed by atoms with E-state index in [-0.39, 0.29) is 18.7 Å². The highest BCUT2D eigenvalue weighted by molar-refractivity contribution is 5.89. The van der Waals surface area contributed by atoms with Gasteiger partial charge in [0.25, 0.3) is 5.56 Å². The summed E-state index contributed by atoms with van der Waals surface area (Å²) < 4.78 is 49.6. The predicted octanol–water partition coefficient (Wildman–Crippen LogP) is 3.59. The Kier molecular flexibility index (Phi) is 5.44. The number of hydrogen-bond acceptors (Lipinski definition) is 5. The molecular formula is C19H15F3N2O5. The molecule has 10 heteroatoms. The number of fused-ring (bicyclic) bond motifs is 1. The summed E-state index contributed by atoms with van der Waals surface area (Å²) in [4.78, 5) is 35.6. The summed E-state index contributed by atoms with van der Waals surface area (Å²) in [7, 11) is 0. The number of pyridine rings is 1. The molecule has 1 amide bonds. The van der Waals surface area contributed by atoms with Crippen LogP contribution >= 0.6 is 0 Å². The fourth-order valence-corrected chi connectivity index (χ4v) is 2.78. The van der Waals surface area contributed by atoms with Gasteiger partial charge in [-0.25, -0.2) is 9.59 Å². The van der Waals surface area contributed by atoms with Gasteiger partial charge in [0.15, 0.2) is 0 Å². The van der Waals surface area contributed by atoms with Gasteiger partial charge in [-0.15, -0.1) is 0 Å². The lowest BCUT2D eigenvalue weighted by Crippen LogP contribution is -2.28. The number of carbonyl (C=O) groups is 1. The number of aromatic nitrogens is 1. The van der Waals surface area contributed by atoms with Crippen molar-refractivity contribution >= 4 is 22.7 Å². The topological polar surface area (TPSA) is 90.5 Å². The smallest absolute Gasteiger partial charge is 0.421 e. The van der Waals surface area contributed by atoms with Gasteiger partial charge in [0, 0.05) is 29.4 Å². The molecule has 0 spiro atoms. The quantitative estimate of drug-likeness (QED) is 0.667. The van der Waals surface area contributed by atoms with Crippen LogP contribution in [0.5, 0.6) is 0 Å². The lowest BCUT2D eigenvalue weighted by molar-refractivity contribution is -0.138. The molecule has 0 unspecified atom stereocenters. The van der Waals surface area contributed by atoms with E-state index in [2.05, 4.69) is 5.32 Å². The number of nitrogens with one attached hydrogen (secondary N) is 1. The zero-order chi connectivity index (χ0) is 21.2. The van der Waals surface area contributed by atoms with E-state index >= 15 is 0 Å². The average Bonchev–Trinajstić information content (AvgIpc) is 2.62. The molecule has 2 heterocycles. The molecule has 1 aromatic carbocycles. The van der Waals surface area contributed by atoms with Gasteiger partial charge in [0.1, 0.15) is 11.1 Å². The zero-order valence-electron chi connectivity index (χ0n) is 15.1. The van der Waals surface area contributed by atoms with E-state index < -0.39 is 29.0 Å². The molecule has 1 N–H and O–H groups in total. The molecule has 7 nitrogen and oxygen atoms in total. The molecule has 0 atom stereocenters. The standard InChI is InChI=1S/C19H15F3N2O5/c1-2-28-18(27)23-12-5-6-13-11(8-16(25)29-15(13)9-12)10-24-7-3-4-14(17(24)26)19(20,21)22/h3-9H,2,10H2,1H3,(H,23,27). The highest BCUT2D eigenvalue weighted by atomic mass is 19.4. The predicted molar refractivity (Wildman–Crippen MR) is 97.9 cm³/mol. The molecule has 152 valence electrons. The highest BCUT2D eigenvalue weighted by Gasteiger charge is 2.34. The third-order valence-electron chi connectivity index (χ3n) is 4.02. The molecule has 3 rings (SSSR count). The summed E-state index contributed by atoms with van der Waals surface area (Å²) in [5.41, 5.74) is -2.58. The molecular weight excluding hydrogens is 393 g/mol. The van der Waals surface area contributed by atoms with Crippen LogP contribution in [0.2, 0.25) is 0 Å². The summed E-state index contributed by atoms with van der Waals surface area (Å²) >= 11 is 0. The molecule has 0 fully saturated rings. The fraction of sp³-hybridized carbons (Fsp3) is 0.211. The number of amides is 1. The Bertz CT molecular complexity index is 1180. The summed E-state index contributed by atoms with van der Waals surface area (Å²) in [6, 6.07) is 7.33. The molecule has 0 saturated heterocycles. The van der Waals surface area contributed by atoms with E-state index in [1.165, 1.54) is 24.4 Å². The van der Waals surface area contributed by atoms with Crippen molar-refractivity contribution in [2.45, 2.75) is 19.6 Å². The highest BCUT2D eigenvalue weighted by Crippen LogP contribution is 2.26. The van der Waals surface area contributed by atoms with Crippen LogP contribution in [0.1, 0.15) is 18.1 Å². The molecule has 0 aliphatic rings. The maximum atomic E-state index is 13.0. The first-order valence-corrected chi connectivity index (χ1v) is 8.46. The Labute approximate surface area is 161 Å². The number of hydrogen-bond donors (Lipinski definition) is 1. The number of anilines is 1. The van der Waals surface area contributed by atoms with Crippen LogP contribution in [-0.2, 0) is 17.5 Å². The van der Waals surface area contributed by atoms with Crippen LogP contribution in [-0.4, -0.2) is 17.3 Å². The number of ether oxygens (including phenoxy) is 1. The third kappa shape index (κ3) is 4.48. The Balaban J connectivity index is 2.02. The minimum atomic E-state index is -4.79. The van der Waals surface area contributed by atoms with Crippen molar-refractivity contribution in [2.75, 3.05) is 11.9 Å². The molecule has 0 aliphatic carbocycles. The van der Waals surface area contributed by atoms with E-state index in [0.717, 1.165) is 16.7 Å². The lowest BCUT2D eigenvalue weighted by Gasteiger charge is -2.12. The van der Waals surface area contributed by atoms with Gasteiger partial charge in [-0.2, -0.15) is 13.2 Å². The summed E-state index contributed by atoms with van der Waals surface area (Å²) in [6.45, 7) is 1.54.